The fourth-order valence-electron chi connectivity index (χ4n) is 3.17. The maximum absolute atomic E-state index is 10.8. The van der Waals surface area contributed by atoms with E-state index >= 15 is 0 Å². The van der Waals surface area contributed by atoms with Gasteiger partial charge < -0.3 is 10.2 Å². The molecule has 98 valence electrons. The Morgan fingerprint density at radius 1 is 1.44 bits per heavy atom. The number of rotatable bonds is 3. The van der Waals surface area contributed by atoms with Crippen LogP contribution in [0.5, 0.6) is 0 Å². The summed E-state index contributed by atoms with van der Waals surface area (Å²) in [5, 5.41) is 20.6. The standard InChI is InChI=1S/C12H16N2O3S/c15-10-3-8-1-2-9(4-10)14(8)5-7-6-18-11(13-7)12(16)17/h6,8-10,15H,1-5H2,(H,16,17). The highest BCUT2D eigenvalue weighted by atomic mass is 32.1. The zero-order chi connectivity index (χ0) is 12.7. The molecule has 2 fully saturated rings. The molecular formula is C12H16N2O3S. The molecule has 2 atom stereocenters. The first kappa shape index (κ1) is 12.1. The van der Waals surface area contributed by atoms with E-state index < -0.39 is 5.97 Å². The lowest BCUT2D eigenvalue weighted by molar-refractivity contribution is 0.0304. The fourth-order valence-corrected chi connectivity index (χ4v) is 3.81. The molecule has 5 nitrogen and oxygen atoms in total. The van der Waals surface area contributed by atoms with Gasteiger partial charge in [0.15, 0.2) is 0 Å². The molecule has 0 radical (unpaired) electrons. The molecule has 3 heterocycles. The highest BCUT2D eigenvalue weighted by molar-refractivity contribution is 7.11. The molecule has 2 bridgehead atoms. The third kappa shape index (κ3) is 2.15. The molecule has 2 aliphatic rings. The average molecular weight is 268 g/mol. The number of aliphatic hydroxyl groups is 1. The van der Waals surface area contributed by atoms with E-state index in [1.807, 2.05) is 5.38 Å². The second-order valence-electron chi connectivity index (χ2n) is 5.13. The first-order valence-electron chi connectivity index (χ1n) is 6.25. The maximum Gasteiger partial charge on any atom is 0.365 e. The zero-order valence-electron chi connectivity index (χ0n) is 9.95. The number of aromatic carboxylic acids is 1. The van der Waals surface area contributed by atoms with Gasteiger partial charge in [0.25, 0.3) is 0 Å². The Morgan fingerprint density at radius 2 is 2.11 bits per heavy atom. The van der Waals surface area contributed by atoms with Crippen LogP contribution in [0.4, 0.5) is 0 Å². The van der Waals surface area contributed by atoms with E-state index in [1.165, 1.54) is 11.3 Å². The number of carboxylic acid groups (broad SMARTS) is 1. The summed E-state index contributed by atoms with van der Waals surface area (Å²) in [6, 6.07) is 0.877. The molecule has 0 aliphatic carbocycles. The minimum absolute atomic E-state index is 0.161. The Kier molecular flexibility index (Phi) is 3.09. The predicted molar refractivity (Wildman–Crippen MR) is 66.7 cm³/mol. The van der Waals surface area contributed by atoms with E-state index in [1.54, 1.807) is 0 Å². The highest BCUT2D eigenvalue weighted by Crippen LogP contribution is 2.36. The molecule has 2 saturated heterocycles. The van der Waals surface area contributed by atoms with Crippen molar-refractivity contribution in [1.82, 2.24) is 9.88 Å². The van der Waals surface area contributed by atoms with Crippen molar-refractivity contribution in [3.8, 4) is 0 Å². The molecule has 18 heavy (non-hydrogen) atoms. The van der Waals surface area contributed by atoms with Gasteiger partial charge in [0, 0.05) is 24.0 Å². The van der Waals surface area contributed by atoms with Crippen molar-refractivity contribution < 1.29 is 15.0 Å². The summed E-state index contributed by atoms with van der Waals surface area (Å²) < 4.78 is 0. The molecule has 0 aromatic carbocycles. The quantitative estimate of drug-likeness (QED) is 0.865. The Balaban J connectivity index is 1.71. The Hall–Kier alpha value is -0.980. The van der Waals surface area contributed by atoms with Crippen LogP contribution in [0.2, 0.25) is 0 Å². The summed E-state index contributed by atoms with van der Waals surface area (Å²) >= 11 is 1.18. The fraction of sp³-hybridized carbons (Fsp3) is 0.667. The summed E-state index contributed by atoms with van der Waals surface area (Å²) in [4.78, 5) is 17.3. The van der Waals surface area contributed by atoms with Gasteiger partial charge in [-0.05, 0) is 25.7 Å². The number of hydrogen-bond donors (Lipinski definition) is 2. The van der Waals surface area contributed by atoms with Gasteiger partial charge in [-0.25, -0.2) is 9.78 Å². The third-order valence-corrected chi connectivity index (χ3v) is 4.82. The lowest BCUT2D eigenvalue weighted by Gasteiger charge is -2.36. The van der Waals surface area contributed by atoms with Crippen molar-refractivity contribution in [1.29, 1.82) is 0 Å². The van der Waals surface area contributed by atoms with Gasteiger partial charge in [0.1, 0.15) is 0 Å². The molecule has 6 heteroatoms. The molecular weight excluding hydrogens is 252 g/mol. The Bertz CT molecular complexity index is 448. The average Bonchev–Trinajstić information content (AvgIpc) is 2.85. The molecule has 0 spiro atoms. The van der Waals surface area contributed by atoms with Crippen molar-refractivity contribution >= 4 is 17.3 Å². The normalized spacial score (nSPS) is 31.7. The van der Waals surface area contributed by atoms with Crippen LogP contribution in [0.1, 0.15) is 41.2 Å². The van der Waals surface area contributed by atoms with Gasteiger partial charge >= 0.3 is 5.97 Å². The predicted octanol–water partition coefficient (Wildman–Crippen LogP) is 1.33. The van der Waals surface area contributed by atoms with Gasteiger partial charge in [-0.3, -0.25) is 4.90 Å². The van der Waals surface area contributed by atoms with Crippen LogP contribution in [-0.2, 0) is 6.54 Å². The van der Waals surface area contributed by atoms with Crippen LogP contribution in [0.25, 0.3) is 0 Å². The van der Waals surface area contributed by atoms with E-state index in [4.69, 9.17) is 5.11 Å². The van der Waals surface area contributed by atoms with Crippen LogP contribution in [0, 0.1) is 0 Å². The summed E-state index contributed by atoms with van der Waals surface area (Å²) in [5.41, 5.74) is 0.839. The number of hydrogen-bond acceptors (Lipinski definition) is 5. The SMILES string of the molecule is O=C(O)c1nc(CN2C3CCC2CC(O)C3)cs1. The molecule has 0 amide bonds. The van der Waals surface area contributed by atoms with Crippen LogP contribution in [0.3, 0.4) is 0 Å². The monoisotopic (exact) mass is 268 g/mol. The number of nitrogens with zero attached hydrogens (tertiary/aromatic N) is 2. The summed E-state index contributed by atoms with van der Waals surface area (Å²) in [5.74, 6) is -0.955. The Morgan fingerprint density at radius 3 is 2.67 bits per heavy atom. The molecule has 1 aromatic rings. The van der Waals surface area contributed by atoms with Gasteiger partial charge in [-0.1, -0.05) is 0 Å². The van der Waals surface area contributed by atoms with E-state index in [-0.39, 0.29) is 11.1 Å². The number of carboxylic acids is 1. The van der Waals surface area contributed by atoms with Gasteiger partial charge in [-0.2, -0.15) is 0 Å². The maximum atomic E-state index is 10.8. The van der Waals surface area contributed by atoms with Crippen LogP contribution >= 0.6 is 11.3 Å². The van der Waals surface area contributed by atoms with Crippen LogP contribution < -0.4 is 0 Å². The summed E-state index contributed by atoms with van der Waals surface area (Å²) in [6.07, 6.45) is 3.79. The lowest BCUT2D eigenvalue weighted by atomic mass is 10.00. The van der Waals surface area contributed by atoms with Crippen molar-refractivity contribution in [3.63, 3.8) is 0 Å². The molecule has 1 aromatic heterocycles. The number of piperidine rings is 1. The minimum atomic E-state index is -0.955. The third-order valence-electron chi connectivity index (χ3n) is 3.94. The van der Waals surface area contributed by atoms with Crippen LogP contribution in [0.15, 0.2) is 5.38 Å². The van der Waals surface area contributed by atoms with Gasteiger partial charge in [0.05, 0.1) is 11.8 Å². The molecule has 3 rings (SSSR count). The highest BCUT2D eigenvalue weighted by Gasteiger charge is 2.40. The zero-order valence-corrected chi connectivity index (χ0v) is 10.8. The Labute approximate surface area is 109 Å². The number of aromatic nitrogens is 1. The largest absolute Gasteiger partial charge is 0.476 e. The van der Waals surface area contributed by atoms with Crippen molar-refractivity contribution in [3.05, 3.63) is 16.1 Å². The minimum Gasteiger partial charge on any atom is -0.476 e. The van der Waals surface area contributed by atoms with Crippen molar-refractivity contribution in [2.75, 3.05) is 0 Å². The smallest absolute Gasteiger partial charge is 0.365 e. The number of thiazole rings is 1. The van der Waals surface area contributed by atoms with Gasteiger partial charge in [-0.15, -0.1) is 11.3 Å². The van der Waals surface area contributed by atoms with Crippen LogP contribution in [-0.4, -0.2) is 44.3 Å². The lowest BCUT2D eigenvalue weighted by Crippen LogP contribution is -2.44. The second kappa shape index (κ2) is 4.60. The van der Waals surface area contributed by atoms with E-state index in [9.17, 15) is 9.90 Å². The van der Waals surface area contributed by atoms with E-state index in [0.29, 0.717) is 18.6 Å². The van der Waals surface area contributed by atoms with Gasteiger partial charge in [0.2, 0.25) is 5.01 Å². The molecule has 2 N–H and O–H groups in total. The van der Waals surface area contributed by atoms with Crippen molar-refractivity contribution in [2.24, 2.45) is 0 Å². The topological polar surface area (TPSA) is 73.7 Å². The summed E-state index contributed by atoms with van der Waals surface area (Å²) in [6.45, 7) is 0.714. The first-order valence-corrected chi connectivity index (χ1v) is 7.13. The first-order chi connectivity index (χ1) is 8.63. The number of aliphatic hydroxyl groups excluding tert-OH is 1. The molecule has 2 unspecified atom stereocenters. The molecule has 2 aliphatic heterocycles. The number of fused-ring (bicyclic) bond motifs is 2. The molecule has 0 saturated carbocycles. The van der Waals surface area contributed by atoms with E-state index in [0.717, 1.165) is 31.4 Å². The second-order valence-corrected chi connectivity index (χ2v) is 5.99. The van der Waals surface area contributed by atoms with E-state index in [2.05, 4.69) is 9.88 Å². The summed E-state index contributed by atoms with van der Waals surface area (Å²) in [7, 11) is 0. The van der Waals surface area contributed by atoms with Crippen molar-refractivity contribution in [2.45, 2.75) is 50.4 Å². The number of carbonyl (C=O) groups is 1.